The lowest BCUT2D eigenvalue weighted by Crippen LogP contribution is -2.15. The summed E-state index contributed by atoms with van der Waals surface area (Å²) in [5.41, 5.74) is 3.40. The number of amides is 1. The molecule has 2 N–H and O–H groups in total. The third-order valence-corrected chi connectivity index (χ3v) is 4.07. The van der Waals surface area contributed by atoms with Gasteiger partial charge in [-0.15, -0.1) is 0 Å². The summed E-state index contributed by atoms with van der Waals surface area (Å²) < 4.78 is 5.14. The van der Waals surface area contributed by atoms with Crippen molar-refractivity contribution in [1.82, 2.24) is 9.97 Å². The third-order valence-electron chi connectivity index (χ3n) is 3.77. The molecule has 1 heterocycles. The minimum absolute atomic E-state index is 0.270. The Hall–Kier alpha value is -3.12. The maximum atomic E-state index is 12.6. The molecule has 7 heteroatoms. The van der Waals surface area contributed by atoms with Crippen LogP contribution in [0.3, 0.4) is 0 Å². The molecule has 3 rings (SSSR count). The molecule has 0 saturated heterocycles. The monoisotopic (exact) mass is 382 g/mol. The SMILES string of the molecule is COc1ccc(Nc2nc(C)cc(C(=O)Nc3cccc(C)c3)n2)cc1Cl. The lowest BCUT2D eigenvalue weighted by Gasteiger charge is -2.10. The van der Waals surface area contributed by atoms with Crippen LogP contribution in [0.15, 0.2) is 48.5 Å². The molecule has 0 spiro atoms. The van der Waals surface area contributed by atoms with Crippen molar-refractivity contribution < 1.29 is 9.53 Å². The van der Waals surface area contributed by atoms with Gasteiger partial charge in [-0.2, -0.15) is 0 Å². The number of carbonyl (C=O) groups excluding carboxylic acids is 1. The molecule has 0 fully saturated rings. The van der Waals surface area contributed by atoms with Crippen LogP contribution in [0.25, 0.3) is 0 Å². The standard InChI is InChI=1S/C20H19ClN4O2/c1-12-5-4-6-14(9-12)23-19(26)17-10-13(2)22-20(25-17)24-15-7-8-18(27-3)16(21)11-15/h4-11H,1-3H3,(H,23,26)(H,22,24,25). The van der Waals surface area contributed by atoms with Crippen molar-refractivity contribution in [3.8, 4) is 5.75 Å². The van der Waals surface area contributed by atoms with E-state index >= 15 is 0 Å². The summed E-state index contributed by atoms with van der Waals surface area (Å²) in [6, 6.07) is 14.5. The Labute approximate surface area is 162 Å². The number of carbonyl (C=O) groups is 1. The Kier molecular flexibility index (Phi) is 5.57. The number of nitrogens with one attached hydrogen (secondary N) is 2. The molecule has 0 aliphatic carbocycles. The summed E-state index contributed by atoms with van der Waals surface area (Å²) in [7, 11) is 1.55. The minimum atomic E-state index is -0.304. The van der Waals surface area contributed by atoms with Crippen LogP contribution in [-0.2, 0) is 0 Å². The molecule has 0 saturated carbocycles. The number of benzene rings is 2. The van der Waals surface area contributed by atoms with Crippen molar-refractivity contribution in [2.75, 3.05) is 17.7 Å². The molecular weight excluding hydrogens is 364 g/mol. The van der Waals surface area contributed by atoms with E-state index in [1.165, 1.54) is 0 Å². The molecule has 1 aromatic heterocycles. The van der Waals surface area contributed by atoms with Crippen LogP contribution in [0.1, 0.15) is 21.7 Å². The molecule has 0 aliphatic heterocycles. The number of rotatable bonds is 5. The van der Waals surface area contributed by atoms with Crippen molar-refractivity contribution in [2.45, 2.75) is 13.8 Å². The van der Waals surface area contributed by atoms with Crippen LogP contribution in [0.5, 0.6) is 5.75 Å². The average molecular weight is 383 g/mol. The highest BCUT2D eigenvalue weighted by Gasteiger charge is 2.12. The Morgan fingerprint density at radius 2 is 1.85 bits per heavy atom. The second-order valence-corrected chi connectivity index (χ2v) is 6.42. The number of hydrogen-bond acceptors (Lipinski definition) is 5. The quantitative estimate of drug-likeness (QED) is 0.665. The van der Waals surface area contributed by atoms with E-state index in [2.05, 4.69) is 20.6 Å². The van der Waals surface area contributed by atoms with E-state index < -0.39 is 0 Å². The smallest absolute Gasteiger partial charge is 0.274 e. The topological polar surface area (TPSA) is 76.1 Å². The van der Waals surface area contributed by atoms with Crippen LogP contribution < -0.4 is 15.4 Å². The molecule has 2 aromatic carbocycles. The van der Waals surface area contributed by atoms with E-state index in [1.807, 2.05) is 31.2 Å². The van der Waals surface area contributed by atoms with Gasteiger partial charge in [-0.3, -0.25) is 4.79 Å². The van der Waals surface area contributed by atoms with Crippen molar-refractivity contribution in [3.05, 3.63) is 70.5 Å². The van der Waals surface area contributed by atoms with E-state index in [0.717, 1.165) is 5.56 Å². The molecule has 27 heavy (non-hydrogen) atoms. The second-order valence-electron chi connectivity index (χ2n) is 6.02. The Bertz CT molecular complexity index is 991. The average Bonchev–Trinajstić information content (AvgIpc) is 2.61. The molecule has 6 nitrogen and oxygen atoms in total. The number of aryl methyl sites for hydroxylation is 2. The molecule has 138 valence electrons. The Morgan fingerprint density at radius 3 is 2.56 bits per heavy atom. The molecule has 1 amide bonds. The summed E-state index contributed by atoms with van der Waals surface area (Å²) in [5, 5.41) is 6.38. The number of hydrogen-bond donors (Lipinski definition) is 2. The lowest BCUT2D eigenvalue weighted by molar-refractivity contribution is 0.102. The van der Waals surface area contributed by atoms with E-state index in [4.69, 9.17) is 16.3 Å². The van der Waals surface area contributed by atoms with Gasteiger partial charge in [-0.1, -0.05) is 23.7 Å². The number of halogens is 1. The van der Waals surface area contributed by atoms with Gasteiger partial charge in [0, 0.05) is 17.1 Å². The predicted octanol–water partition coefficient (Wildman–Crippen LogP) is 4.75. The van der Waals surface area contributed by atoms with Crippen LogP contribution in [0, 0.1) is 13.8 Å². The highest BCUT2D eigenvalue weighted by molar-refractivity contribution is 6.32. The van der Waals surface area contributed by atoms with Gasteiger partial charge in [0.1, 0.15) is 11.4 Å². The van der Waals surface area contributed by atoms with Gasteiger partial charge in [0.2, 0.25) is 5.95 Å². The van der Waals surface area contributed by atoms with E-state index in [0.29, 0.717) is 33.8 Å². The summed E-state index contributed by atoms with van der Waals surface area (Å²) >= 11 is 6.14. The van der Waals surface area contributed by atoms with E-state index in [1.54, 1.807) is 38.3 Å². The van der Waals surface area contributed by atoms with Crippen LogP contribution in [0.4, 0.5) is 17.3 Å². The first-order valence-corrected chi connectivity index (χ1v) is 8.66. The Morgan fingerprint density at radius 1 is 1.04 bits per heavy atom. The maximum absolute atomic E-state index is 12.6. The minimum Gasteiger partial charge on any atom is -0.495 e. The summed E-state index contributed by atoms with van der Waals surface area (Å²) in [6.45, 7) is 3.77. The molecule has 0 bridgehead atoms. The Balaban J connectivity index is 1.81. The van der Waals surface area contributed by atoms with Crippen LogP contribution in [-0.4, -0.2) is 23.0 Å². The molecule has 0 aliphatic rings. The molecule has 3 aromatic rings. The highest BCUT2D eigenvalue weighted by Crippen LogP contribution is 2.28. The number of ether oxygens (including phenoxy) is 1. The van der Waals surface area contributed by atoms with Crippen LogP contribution >= 0.6 is 11.6 Å². The number of nitrogens with zero attached hydrogens (tertiary/aromatic N) is 2. The van der Waals surface area contributed by atoms with Gasteiger partial charge in [-0.25, -0.2) is 9.97 Å². The van der Waals surface area contributed by atoms with Crippen molar-refractivity contribution in [2.24, 2.45) is 0 Å². The first-order valence-electron chi connectivity index (χ1n) is 8.29. The van der Waals surface area contributed by atoms with Gasteiger partial charge >= 0.3 is 0 Å². The van der Waals surface area contributed by atoms with Gasteiger partial charge < -0.3 is 15.4 Å². The van der Waals surface area contributed by atoms with E-state index in [-0.39, 0.29) is 11.6 Å². The number of anilines is 3. The van der Waals surface area contributed by atoms with Crippen LogP contribution in [0.2, 0.25) is 5.02 Å². The fraction of sp³-hybridized carbons (Fsp3) is 0.150. The number of aromatic nitrogens is 2. The van der Waals surface area contributed by atoms with E-state index in [9.17, 15) is 4.79 Å². The van der Waals surface area contributed by atoms with Gasteiger partial charge in [0.15, 0.2) is 0 Å². The largest absolute Gasteiger partial charge is 0.495 e. The third kappa shape index (κ3) is 4.74. The molecule has 0 radical (unpaired) electrons. The van der Waals surface area contributed by atoms with Crippen molar-refractivity contribution in [3.63, 3.8) is 0 Å². The normalized spacial score (nSPS) is 10.4. The maximum Gasteiger partial charge on any atom is 0.274 e. The molecular formula is C20H19ClN4O2. The fourth-order valence-corrected chi connectivity index (χ4v) is 2.79. The predicted molar refractivity (Wildman–Crippen MR) is 107 cm³/mol. The zero-order valence-corrected chi connectivity index (χ0v) is 16.0. The summed E-state index contributed by atoms with van der Waals surface area (Å²) in [4.78, 5) is 21.2. The molecule has 0 atom stereocenters. The summed E-state index contributed by atoms with van der Waals surface area (Å²) in [6.07, 6.45) is 0. The summed E-state index contributed by atoms with van der Waals surface area (Å²) in [5.74, 6) is 0.582. The van der Waals surface area contributed by atoms with Crippen molar-refractivity contribution >= 4 is 34.8 Å². The van der Waals surface area contributed by atoms with Gasteiger partial charge in [0.25, 0.3) is 5.91 Å². The zero-order chi connectivity index (χ0) is 19.4. The first-order chi connectivity index (χ1) is 12.9. The second kappa shape index (κ2) is 8.05. The first kappa shape index (κ1) is 18.7. The number of methoxy groups -OCH3 is 1. The lowest BCUT2D eigenvalue weighted by atomic mass is 10.2. The highest BCUT2D eigenvalue weighted by atomic mass is 35.5. The van der Waals surface area contributed by atoms with Crippen molar-refractivity contribution in [1.29, 1.82) is 0 Å². The van der Waals surface area contributed by atoms with Gasteiger partial charge in [-0.05, 0) is 55.8 Å². The fourth-order valence-electron chi connectivity index (χ4n) is 2.53. The molecule has 0 unspecified atom stereocenters. The zero-order valence-electron chi connectivity index (χ0n) is 15.2. The van der Waals surface area contributed by atoms with Gasteiger partial charge in [0.05, 0.1) is 12.1 Å².